The molecule has 0 aliphatic heterocycles. The van der Waals surface area contributed by atoms with Gasteiger partial charge in [0.2, 0.25) is 0 Å². The average Bonchev–Trinajstić information content (AvgIpc) is 2.46. The highest BCUT2D eigenvalue weighted by molar-refractivity contribution is 7.80. The van der Waals surface area contributed by atoms with E-state index in [9.17, 15) is 4.39 Å². The lowest BCUT2D eigenvalue weighted by atomic mass is 10.2. The number of benzene rings is 2. The number of rotatable bonds is 3. The molecular weight excluding hydrogens is 309 g/mol. The van der Waals surface area contributed by atoms with Crippen LogP contribution in [0.5, 0.6) is 0 Å². The van der Waals surface area contributed by atoms with Crippen LogP contribution >= 0.6 is 23.8 Å². The van der Waals surface area contributed by atoms with Crippen LogP contribution in [0, 0.1) is 17.1 Å². The topological polar surface area (TPSA) is 47.9 Å². The second-order valence-corrected chi connectivity index (χ2v) is 5.08. The monoisotopic (exact) mass is 319 g/mol. The molecule has 0 heterocycles. The van der Waals surface area contributed by atoms with Gasteiger partial charge < -0.3 is 10.6 Å². The van der Waals surface area contributed by atoms with Gasteiger partial charge in [0.15, 0.2) is 5.11 Å². The van der Waals surface area contributed by atoms with Crippen LogP contribution in [0.25, 0.3) is 0 Å². The molecule has 106 valence electrons. The van der Waals surface area contributed by atoms with Crippen molar-refractivity contribution in [2.45, 2.75) is 6.54 Å². The van der Waals surface area contributed by atoms with E-state index < -0.39 is 0 Å². The van der Waals surface area contributed by atoms with Crippen molar-refractivity contribution in [3.63, 3.8) is 0 Å². The Morgan fingerprint density at radius 2 is 2.10 bits per heavy atom. The van der Waals surface area contributed by atoms with E-state index in [4.69, 9.17) is 29.1 Å². The summed E-state index contributed by atoms with van der Waals surface area (Å²) in [5.41, 5.74) is 1.70. The quantitative estimate of drug-likeness (QED) is 0.844. The summed E-state index contributed by atoms with van der Waals surface area (Å²) < 4.78 is 13.6. The molecule has 0 radical (unpaired) electrons. The van der Waals surface area contributed by atoms with Crippen molar-refractivity contribution in [1.29, 1.82) is 5.26 Å². The summed E-state index contributed by atoms with van der Waals surface area (Å²) in [6, 6.07) is 13.4. The maximum Gasteiger partial charge on any atom is 0.171 e. The van der Waals surface area contributed by atoms with Gasteiger partial charge >= 0.3 is 0 Å². The van der Waals surface area contributed by atoms with Crippen molar-refractivity contribution < 1.29 is 4.39 Å². The first-order chi connectivity index (χ1) is 10.1. The van der Waals surface area contributed by atoms with E-state index in [2.05, 4.69) is 10.6 Å². The predicted molar refractivity (Wildman–Crippen MR) is 85.6 cm³/mol. The molecule has 0 fully saturated rings. The molecule has 3 nitrogen and oxygen atoms in total. The number of nitriles is 1. The van der Waals surface area contributed by atoms with Crippen LogP contribution in [-0.4, -0.2) is 5.11 Å². The number of hydrogen-bond acceptors (Lipinski definition) is 2. The molecule has 0 aliphatic carbocycles. The summed E-state index contributed by atoms with van der Waals surface area (Å²) in [5.74, 6) is -0.385. The summed E-state index contributed by atoms with van der Waals surface area (Å²) in [5, 5.41) is 15.4. The van der Waals surface area contributed by atoms with Crippen LogP contribution in [0.2, 0.25) is 5.02 Å². The van der Waals surface area contributed by atoms with Gasteiger partial charge in [0.05, 0.1) is 11.6 Å². The fourth-order valence-corrected chi connectivity index (χ4v) is 2.03. The first-order valence-corrected chi connectivity index (χ1v) is 6.86. The second-order valence-electron chi connectivity index (χ2n) is 4.24. The second kappa shape index (κ2) is 7.02. The zero-order valence-electron chi connectivity index (χ0n) is 10.9. The van der Waals surface area contributed by atoms with Gasteiger partial charge in [-0.05, 0) is 42.5 Å². The molecule has 0 saturated carbocycles. The van der Waals surface area contributed by atoms with E-state index >= 15 is 0 Å². The van der Waals surface area contributed by atoms with Crippen molar-refractivity contribution in [3.8, 4) is 6.07 Å². The highest BCUT2D eigenvalue weighted by atomic mass is 35.5. The zero-order valence-corrected chi connectivity index (χ0v) is 12.4. The Balaban J connectivity index is 1.94. The summed E-state index contributed by atoms with van der Waals surface area (Å²) in [4.78, 5) is 0. The predicted octanol–water partition coefficient (Wildman–Crippen LogP) is 3.84. The molecule has 0 amide bonds. The largest absolute Gasteiger partial charge is 0.358 e. The van der Waals surface area contributed by atoms with Gasteiger partial charge in [-0.15, -0.1) is 0 Å². The van der Waals surface area contributed by atoms with E-state index in [1.165, 1.54) is 6.07 Å². The van der Waals surface area contributed by atoms with E-state index in [-0.39, 0.29) is 12.4 Å². The maximum absolute atomic E-state index is 13.6. The zero-order chi connectivity index (χ0) is 15.2. The Bertz CT molecular complexity index is 712. The normalized spacial score (nSPS) is 9.76. The van der Waals surface area contributed by atoms with E-state index in [1.54, 1.807) is 36.4 Å². The molecule has 0 aliphatic rings. The molecule has 0 unspecified atom stereocenters. The van der Waals surface area contributed by atoms with Crippen molar-refractivity contribution in [1.82, 2.24) is 5.32 Å². The number of nitrogens with one attached hydrogen (secondary N) is 2. The third kappa shape index (κ3) is 4.42. The Kier molecular flexibility index (Phi) is 5.09. The Labute approximate surface area is 132 Å². The number of hydrogen-bond donors (Lipinski definition) is 2. The van der Waals surface area contributed by atoms with Crippen LogP contribution in [0.4, 0.5) is 10.1 Å². The highest BCUT2D eigenvalue weighted by Crippen LogP contribution is 2.14. The Hall–Kier alpha value is -2.16. The highest BCUT2D eigenvalue weighted by Gasteiger charge is 2.04. The van der Waals surface area contributed by atoms with E-state index in [0.29, 0.717) is 26.9 Å². The van der Waals surface area contributed by atoms with Crippen LogP contribution in [-0.2, 0) is 6.54 Å². The minimum Gasteiger partial charge on any atom is -0.358 e. The molecule has 2 rings (SSSR count). The minimum absolute atomic E-state index is 0.243. The molecular formula is C15H11ClFN3S. The number of anilines is 1. The molecule has 2 N–H and O–H groups in total. The standard InChI is InChI=1S/C15H11ClFN3S/c16-12-5-4-11(14(17)7-12)9-19-15(21)20-13-3-1-2-10(6-13)8-18/h1-7H,9H2,(H2,19,20,21). The molecule has 0 aromatic heterocycles. The number of thiocarbonyl (C=S) groups is 1. The van der Waals surface area contributed by atoms with Gasteiger partial charge in [-0.25, -0.2) is 4.39 Å². The molecule has 2 aromatic carbocycles. The number of halogens is 2. The average molecular weight is 320 g/mol. The van der Waals surface area contributed by atoms with Crippen molar-refractivity contribution >= 4 is 34.6 Å². The summed E-state index contributed by atoms with van der Waals surface area (Å²) in [6.45, 7) is 0.243. The van der Waals surface area contributed by atoms with Crippen molar-refractivity contribution in [2.24, 2.45) is 0 Å². The Morgan fingerprint density at radius 1 is 1.29 bits per heavy atom. The third-order valence-electron chi connectivity index (χ3n) is 2.70. The smallest absolute Gasteiger partial charge is 0.171 e. The maximum atomic E-state index is 13.6. The molecule has 0 saturated heterocycles. The molecule has 2 aromatic rings. The lowest BCUT2D eigenvalue weighted by Gasteiger charge is -2.11. The lowest BCUT2D eigenvalue weighted by molar-refractivity contribution is 0.606. The van der Waals surface area contributed by atoms with Gasteiger partial charge in [-0.1, -0.05) is 23.7 Å². The molecule has 0 spiro atoms. The van der Waals surface area contributed by atoms with E-state index in [1.807, 2.05) is 6.07 Å². The van der Waals surface area contributed by atoms with Gasteiger partial charge in [-0.2, -0.15) is 5.26 Å². The van der Waals surface area contributed by atoms with Gasteiger partial charge in [0, 0.05) is 22.8 Å². The van der Waals surface area contributed by atoms with Gasteiger partial charge in [0.25, 0.3) is 0 Å². The fraction of sp³-hybridized carbons (Fsp3) is 0.0667. The van der Waals surface area contributed by atoms with Crippen LogP contribution < -0.4 is 10.6 Å². The van der Waals surface area contributed by atoms with Crippen LogP contribution in [0.15, 0.2) is 42.5 Å². The molecule has 0 atom stereocenters. The first kappa shape index (κ1) is 15.2. The Morgan fingerprint density at radius 3 is 2.81 bits per heavy atom. The SMILES string of the molecule is N#Cc1cccc(NC(=S)NCc2ccc(Cl)cc2F)c1. The number of nitrogens with zero attached hydrogens (tertiary/aromatic N) is 1. The van der Waals surface area contributed by atoms with Gasteiger partial charge in [0.1, 0.15) is 5.82 Å². The van der Waals surface area contributed by atoms with Gasteiger partial charge in [-0.3, -0.25) is 0 Å². The lowest BCUT2D eigenvalue weighted by Crippen LogP contribution is -2.28. The van der Waals surface area contributed by atoms with E-state index in [0.717, 1.165) is 0 Å². The summed E-state index contributed by atoms with van der Waals surface area (Å²) >= 11 is 10.8. The molecule has 0 bridgehead atoms. The molecule has 21 heavy (non-hydrogen) atoms. The minimum atomic E-state index is -0.385. The van der Waals surface area contributed by atoms with Crippen molar-refractivity contribution in [2.75, 3.05) is 5.32 Å². The van der Waals surface area contributed by atoms with Crippen molar-refractivity contribution in [3.05, 3.63) is 64.4 Å². The van der Waals surface area contributed by atoms with Crippen LogP contribution in [0.1, 0.15) is 11.1 Å². The first-order valence-electron chi connectivity index (χ1n) is 6.07. The molecule has 6 heteroatoms. The van der Waals surface area contributed by atoms with Crippen LogP contribution in [0.3, 0.4) is 0 Å². The fourth-order valence-electron chi connectivity index (χ4n) is 1.68. The summed E-state index contributed by atoms with van der Waals surface area (Å²) in [6.07, 6.45) is 0. The third-order valence-corrected chi connectivity index (χ3v) is 3.19. The summed E-state index contributed by atoms with van der Waals surface area (Å²) in [7, 11) is 0.